The van der Waals surface area contributed by atoms with E-state index in [4.69, 9.17) is 19.2 Å². The SMILES string of the molecule is c1cc[c]2c(c1)Oc1cccc3[c]1[Ga]2[c]1nc2[c](cc1O3)[Ga]1[c]3c(cccc3-n3c4ccccc4c4ccc[c]1c43)O2. The van der Waals surface area contributed by atoms with Gasteiger partial charge in [0.1, 0.15) is 0 Å². The van der Waals surface area contributed by atoms with Crippen LogP contribution in [0.25, 0.3) is 27.5 Å². The van der Waals surface area contributed by atoms with Crippen LogP contribution >= 0.6 is 0 Å². The van der Waals surface area contributed by atoms with Crippen LogP contribution in [0.1, 0.15) is 0 Å². The number of hydrogen-bond acceptors (Lipinski definition) is 4. The Morgan fingerprint density at radius 1 is 0.524 bits per heavy atom. The van der Waals surface area contributed by atoms with E-state index in [9.17, 15) is 0 Å². The van der Waals surface area contributed by atoms with Gasteiger partial charge in [0.25, 0.3) is 0 Å². The second-order valence-corrected chi connectivity index (χ2v) is 22.5. The van der Waals surface area contributed by atoms with E-state index in [-0.39, 0.29) is 0 Å². The van der Waals surface area contributed by atoms with Gasteiger partial charge in [0.15, 0.2) is 0 Å². The number of aromatic nitrogens is 2. The number of pyridine rings is 1. The maximum absolute atomic E-state index is 6.77. The second-order valence-electron chi connectivity index (χ2n) is 11.4. The Balaban J connectivity index is 1.21. The molecule has 0 spiro atoms. The number of rotatable bonds is 0. The molecule has 0 atom stereocenters. The standard InChI is InChI=1S/C35H18N2O3.2Ga/c1-2-11-26(12-3-1)38-28-14-9-15-29(23-28)39-30-20-21-35(36-24-30)40-27-13-8-10-25(22-27)37-33-18-6-4-16-31(33)32-17-5-7-19-34(32)37;;/h1-11,13-18,20H;;. The van der Waals surface area contributed by atoms with Crippen molar-refractivity contribution in [2.24, 2.45) is 0 Å². The van der Waals surface area contributed by atoms with Crippen LogP contribution in [-0.4, -0.2) is 42.0 Å². The molecule has 0 bridgehead atoms. The van der Waals surface area contributed by atoms with E-state index in [0.717, 1.165) is 38.9 Å². The molecule has 4 aliphatic rings. The van der Waals surface area contributed by atoms with Crippen molar-refractivity contribution < 1.29 is 14.2 Å². The van der Waals surface area contributed by atoms with Crippen molar-refractivity contribution in [3.8, 4) is 40.3 Å². The molecule has 42 heavy (non-hydrogen) atoms. The van der Waals surface area contributed by atoms with Gasteiger partial charge in [-0.1, -0.05) is 0 Å². The monoisotopic (exact) mass is 652 g/mol. The van der Waals surface area contributed by atoms with E-state index in [0.29, 0.717) is 0 Å². The number of para-hydroxylation sites is 3. The Hall–Kier alpha value is -4.28. The van der Waals surface area contributed by atoms with Crippen molar-refractivity contribution in [2.75, 3.05) is 0 Å². The van der Waals surface area contributed by atoms with Gasteiger partial charge < -0.3 is 0 Å². The third-order valence-electron chi connectivity index (χ3n) is 9.39. The summed E-state index contributed by atoms with van der Waals surface area (Å²) in [6.45, 7) is 0. The van der Waals surface area contributed by atoms with E-state index < -0.39 is 32.4 Å². The molecule has 0 radical (unpaired) electrons. The molecule has 192 valence electrons. The number of benzene rings is 5. The van der Waals surface area contributed by atoms with Gasteiger partial charge >= 0.3 is 252 Å². The summed E-state index contributed by atoms with van der Waals surface area (Å²) < 4.78 is 29.9. The first-order chi connectivity index (χ1) is 20.8. The molecule has 0 saturated heterocycles. The van der Waals surface area contributed by atoms with Crippen LogP contribution in [0, 0.1) is 0 Å². The summed E-state index contributed by atoms with van der Waals surface area (Å²) in [7, 11) is 0. The number of fused-ring (bicyclic) bond motifs is 11. The van der Waals surface area contributed by atoms with E-state index in [1.807, 2.05) is 12.1 Å². The van der Waals surface area contributed by atoms with E-state index in [2.05, 4.69) is 102 Å². The van der Waals surface area contributed by atoms with E-state index >= 15 is 0 Å². The fraction of sp³-hybridized carbons (Fsp3) is 0. The van der Waals surface area contributed by atoms with Crippen LogP contribution in [0.4, 0.5) is 0 Å². The predicted octanol–water partition coefficient (Wildman–Crippen LogP) is 3.84. The molecule has 7 heteroatoms. The first-order valence-corrected chi connectivity index (χ1v) is 21.6. The number of hydrogen-bond donors (Lipinski definition) is 0. The van der Waals surface area contributed by atoms with Crippen molar-refractivity contribution in [3.63, 3.8) is 0 Å². The molecule has 11 rings (SSSR count). The summed E-state index contributed by atoms with van der Waals surface area (Å²) >= 11 is -5.24. The second kappa shape index (κ2) is 7.76. The van der Waals surface area contributed by atoms with Crippen LogP contribution in [0.2, 0.25) is 0 Å². The zero-order valence-corrected chi connectivity index (χ0v) is 27.0. The van der Waals surface area contributed by atoms with Crippen LogP contribution < -0.4 is 39.0 Å². The minimum atomic E-state index is -2.63. The molecule has 7 aromatic rings. The Morgan fingerprint density at radius 3 is 2.14 bits per heavy atom. The van der Waals surface area contributed by atoms with Gasteiger partial charge in [-0.3, -0.25) is 0 Å². The molecular weight excluding hydrogens is 636 g/mol. The van der Waals surface area contributed by atoms with Gasteiger partial charge in [0, 0.05) is 0 Å². The number of nitrogens with zero attached hydrogens (tertiary/aromatic N) is 2. The molecule has 0 aliphatic carbocycles. The molecule has 4 aliphatic heterocycles. The van der Waals surface area contributed by atoms with Crippen molar-refractivity contribution in [1.29, 1.82) is 0 Å². The number of ether oxygens (including phenoxy) is 3. The minimum absolute atomic E-state index is 0.768. The van der Waals surface area contributed by atoms with E-state index in [1.54, 1.807) is 0 Å². The average molecular weight is 654 g/mol. The molecule has 0 unspecified atom stereocenters. The first kappa shape index (κ1) is 22.3. The Labute approximate surface area is 251 Å². The summed E-state index contributed by atoms with van der Waals surface area (Å²) in [6, 6.07) is 39.1. The van der Waals surface area contributed by atoms with Crippen molar-refractivity contribution >= 4 is 79.1 Å². The van der Waals surface area contributed by atoms with Crippen molar-refractivity contribution in [1.82, 2.24) is 9.55 Å². The van der Waals surface area contributed by atoms with Gasteiger partial charge in [0.05, 0.1) is 0 Å². The zero-order chi connectivity index (χ0) is 27.1. The van der Waals surface area contributed by atoms with Crippen molar-refractivity contribution in [3.05, 3.63) is 109 Å². The van der Waals surface area contributed by atoms with Gasteiger partial charge in [-0.25, -0.2) is 0 Å². The maximum atomic E-state index is 6.77. The molecule has 0 amide bonds. The summed E-state index contributed by atoms with van der Waals surface area (Å²) in [5.41, 5.74) is 3.83. The van der Waals surface area contributed by atoms with Crippen molar-refractivity contribution in [2.45, 2.75) is 0 Å². The zero-order valence-electron chi connectivity index (χ0n) is 22.2. The third-order valence-corrected chi connectivity index (χ3v) is 23.0. The fourth-order valence-electron chi connectivity index (χ4n) is 7.78. The molecule has 0 fully saturated rings. The third kappa shape index (κ3) is 2.64. The normalized spacial score (nSPS) is 14.2. The molecule has 2 aromatic heterocycles. The van der Waals surface area contributed by atoms with Gasteiger partial charge in [-0.05, 0) is 0 Å². The predicted molar refractivity (Wildman–Crippen MR) is 167 cm³/mol. The molecule has 5 nitrogen and oxygen atoms in total. The van der Waals surface area contributed by atoms with Gasteiger partial charge in [-0.15, -0.1) is 0 Å². The Bertz CT molecular complexity index is 2380. The first-order valence-electron chi connectivity index (χ1n) is 14.3. The fourth-order valence-corrected chi connectivity index (χ4v) is 21.7. The van der Waals surface area contributed by atoms with Gasteiger partial charge in [0.2, 0.25) is 0 Å². The van der Waals surface area contributed by atoms with Crippen LogP contribution in [-0.2, 0) is 0 Å². The molecule has 0 N–H and O–H groups in total. The molecule has 5 aromatic carbocycles. The molecular formula is C35H18Ga2N2O3. The van der Waals surface area contributed by atoms with Crippen LogP contribution in [0.15, 0.2) is 109 Å². The summed E-state index contributed by atoms with van der Waals surface area (Å²) in [4.78, 5) is 5.41. The average Bonchev–Trinajstić information content (AvgIpc) is 3.37. The van der Waals surface area contributed by atoms with Crippen LogP contribution in [0.3, 0.4) is 0 Å². The molecule has 0 saturated carbocycles. The molecule has 6 heterocycles. The summed E-state index contributed by atoms with van der Waals surface area (Å²) in [5, 5.41) is 2.61. The summed E-state index contributed by atoms with van der Waals surface area (Å²) in [5.74, 6) is 5.38. The Kier molecular flexibility index (Phi) is 4.13. The van der Waals surface area contributed by atoms with Crippen LogP contribution in [0.5, 0.6) is 34.6 Å². The Morgan fingerprint density at radius 2 is 1.21 bits per heavy atom. The summed E-state index contributed by atoms with van der Waals surface area (Å²) in [6.07, 6.45) is 0. The quantitative estimate of drug-likeness (QED) is 0.234. The topological polar surface area (TPSA) is 45.5 Å². The van der Waals surface area contributed by atoms with Gasteiger partial charge in [-0.2, -0.15) is 0 Å². The van der Waals surface area contributed by atoms with E-state index in [1.165, 1.54) is 48.1 Å².